The first-order valence-electron chi connectivity index (χ1n) is 5.37. The molecule has 0 aliphatic carbocycles. The Balaban J connectivity index is 2.03. The van der Waals surface area contributed by atoms with Gasteiger partial charge in [-0.1, -0.05) is 0 Å². The van der Waals surface area contributed by atoms with Gasteiger partial charge in [0, 0.05) is 11.3 Å². The zero-order chi connectivity index (χ0) is 12.8. The lowest BCUT2D eigenvalue weighted by atomic mass is 10.1. The van der Waals surface area contributed by atoms with Crippen LogP contribution in [-0.4, -0.2) is 19.6 Å². The van der Waals surface area contributed by atoms with Crippen molar-refractivity contribution in [3.05, 3.63) is 35.9 Å². The van der Waals surface area contributed by atoms with Crippen molar-refractivity contribution in [2.24, 2.45) is 0 Å². The molecule has 18 heavy (non-hydrogen) atoms. The SMILES string of the molecule is O=S(=O)(O)c1ccc(-c2ccc3c(c2)CCO3)s1. The van der Waals surface area contributed by atoms with E-state index in [0.717, 1.165) is 39.5 Å². The third-order valence-electron chi connectivity index (χ3n) is 2.81. The van der Waals surface area contributed by atoms with Crippen LogP contribution in [0.15, 0.2) is 34.5 Å². The Kier molecular flexibility index (Phi) is 2.65. The van der Waals surface area contributed by atoms with E-state index in [4.69, 9.17) is 9.29 Å². The molecule has 0 saturated heterocycles. The number of thiophene rings is 1. The maximum Gasteiger partial charge on any atom is 0.304 e. The van der Waals surface area contributed by atoms with E-state index in [1.165, 1.54) is 6.07 Å². The Morgan fingerprint density at radius 2 is 2.06 bits per heavy atom. The van der Waals surface area contributed by atoms with Crippen molar-refractivity contribution in [3.63, 3.8) is 0 Å². The number of ether oxygens (including phenoxy) is 1. The van der Waals surface area contributed by atoms with Crippen LogP contribution in [0.4, 0.5) is 0 Å². The predicted molar refractivity (Wildman–Crippen MR) is 68.8 cm³/mol. The van der Waals surface area contributed by atoms with Crippen molar-refractivity contribution in [3.8, 4) is 16.2 Å². The second kappa shape index (κ2) is 4.08. The van der Waals surface area contributed by atoms with Crippen LogP contribution in [-0.2, 0) is 16.5 Å². The van der Waals surface area contributed by atoms with Crippen LogP contribution in [0.5, 0.6) is 5.75 Å². The van der Waals surface area contributed by atoms with Gasteiger partial charge >= 0.3 is 10.1 Å². The van der Waals surface area contributed by atoms with E-state index in [0.29, 0.717) is 6.61 Å². The Morgan fingerprint density at radius 3 is 2.78 bits per heavy atom. The second-order valence-electron chi connectivity index (χ2n) is 4.01. The van der Waals surface area contributed by atoms with Crippen molar-refractivity contribution in [1.82, 2.24) is 0 Å². The molecule has 3 rings (SSSR count). The number of fused-ring (bicyclic) bond motifs is 1. The van der Waals surface area contributed by atoms with E-state index in [1.54, 1.807) is 6.07 Å². The Labute approximate surface area is 109 Å². The zero-order valence-electron chi connectivity index (χ0n) is 9.29. The van der Waals surface area contributed by atoms with Gasteiger partial charge in [-0.25, -0.2) is 0 Å². The fraction of sp³-hybridized carbons (Fsp3) is 0.167. The highest BCUT2D eigenvalue weighted by Gasteiger charge is 2.16. The van der Waals surface area contributed by atoms with Gasteiger partial charge in [-0.15, -0.1) is 11.3 Å². The van der Waals surface area contributed by atoms with E-state index in [2.05, 4.69) is 0 Å². The lowest BCUT2D eigenvalue weighted by molar-refractivity contribution is 0.357. The monoisotopic (exact) mass is 282 g/mol. The molecule has 0 bridgehead atoms. The minimum Gasteiger partial charge on any atom is -0.493 e. The second-order valence-corrected chi connectivity index (χ2v) is 6.75. The van der Waals surface area contributed by atoms with E-state index >= 15 is 0 Å². The fourth-order valence-electron chi connectivity index (χ4n) is 1.95. The molecule has 0 spiro atoms. The van der Waals surface area contributed by atoms with Crippen LogP contribution < -0.4 is 4.74 Å². The summed E-state index contributed by atoms with van der Waals surface area (Å²) < 4.78 is 36.4. The third-order valence-corrected chi connectivity index (χ3v) is 5.26. The molecule has 1 aromatic carbocycles. The minimum absolute atomic E-state index is 0.0331. The van der Waals surface area contributed by atoms with Crippen LogP contribution in [0.1, 0.15) is 5.56 Å². The molecule has 2 aromatic rings. The van der Waals surface area contributed by atoms with Crippen LogP contribution in [0.25, 0.3) is 10.4 Å². The van der Waals surface area contributed by atoms with Crippen molar-refractivity contribution in [2.75, 3.05) is 6.61 Å². The zero-order valence-corrected chi connectivity index (χ0v) is 10.9. The summed E-state index contributed by atoms with van der Waals surface area (Å²) >= 11 is 1.06. The molecule has 1 aliphatic rings. The van der Waals surface area contributed by atoms with Gasteiger partial charge in [-0.2, -0.15) is 8.42 Å². The topological polar surface area (TPSA) is 63.6 Å². The van der Waals surface area contributed by atoms with Gasteiger partial charge in [0.05, 0.1) is 6.61 Å². The molecule has 1 N–H and O–H groups in total. The molecule has 1 aliphatic heterocycles. The maximum absolute atomic E-state index is 11.0. The molecule has 0 fully saturated rings. The van der Waals surface area contributed by atoms with Gasteiger partial charge in [0.2, 0.25) is 0 Å². The highest BCUT2D eigenvalue weighted by atomic mass is 32.3. The normalized spacial score (nSPS) is 14.3. The van der Waals surface area contributed by atoms with E-state index in [9.17, 15) is 8.42 Å². The van der Waals surface area contributed by atoms with Gasteiger partial charge in [-0.3, -0.25) is 4.55 Å². The third kappa shape index (κ3) is 2.03. The van der Waals surface area contributed by atoms with Gasteiger partial charge in [0.25, 0.3) is 0 Å². The molecule has 0 unspecified atom stereocenters. The molecule has 2 heterocycles. The first-order chi connectivity index (χ1) is 8.54. The molecule has 0 radical (unpaired) electrons. The van der Waals surface area contributed by atoms with Gasteiger partial charge < -0.3 is 4.74 Å². The maximum atomic E-state index is 11.0. The summed E-state index contributed by atoms with van der Waals surface area (Å²) in [6, 6.07) is 8.90. The number of benzene rings is 1. The molecule has 4 nitrogen and oxygen atoms in total. The predicted octanol–water partition coefficient (Wildman–Crippen LogP) is 2.60. The van der Waals surface area contributed by atoms with Gasteiger partial charge in [0.1, 0.15) is 9.96 Å². The minimum atomic E-state index is -4.11. The van der Waals surface area contributed by atoms with Crippen LogP contribution in [0.3, 0.4) is 0 Å². The largest absolute Gasteiger partial charge is 0.493 e. The molecular formula is C12H10O4S2. The van der Waals surface area contributed by atoms with Gasteiger partial charge in [-0.05, 0) is 41.5 Å². The smallest absolute Gasteiger partial charge is 0.304 e. The number of hydrogen-bond acceptors (Lipinski definition) is 4. The summed E-state index contributed by atoms with van der Waals surface area (Å²) in [7, 11) is -4.11. The van der Waals surface area contributed by atoms with Crippen molar-refractivity contribution in [1.29, 1.82) is 0 Å². The number of rotatable bonds is 2. The van der Waals surface area contributed by atoms with E-state index in [1.807, 2.05) is 18.2 Å². The number of hydrogen-bond donors (Lipinski definition) is 1. The summed E-state index contributed by atoms with van der Waals surface area (Å²) in [6.45, 7) is 0.694. The average Bonchev–Trinajstić information content (AvgIpc) is 2.96. The average molecular weight is 282 g/mol. The van der Waals surface area contributed by atoms with Crippen molar-refractivity contribution >= 4 is 21.5 Å². The van der Waals surface area contributed by atoms with E-state index in [-0.39, 0.29) is 4.21 Å². The molecule has 94 valence electrons. The highest BCUT2D eigenvalue weighted by molar-refractivity contribution is 7.88. The molecule has 1 aromatic heterocycles. The Morgan fingerprint density at radius 1 is 1.22 bits per heavy atom. The molecular weight excluding hydrogens is 272 g/mol. The summed E-state index contributed by atoms with van der Waals surface area (Å²) in [5.41, 5.74) is 2.08. The Bertz CT molecular complexity index is 701. The van der Waals surface area contributed by atoms with Crippen molar-refractivity contribution < 1.29 is 17.7 Å². The van der Waals surface area contributed by atoms with Crippen LogP contribution in [0, 0.1) is 0 Å². The van der Waals surface area contributed by atoms with Gasteiger partial charge in [0.15, 0.2) is 0 Å². The van der Waals surface area contributed by atoms with Crippen LogP contribution >= 0.6 is 11.3 Å². The quantitative estimate of drug-likeness (QED) is 0.860. The first kappa shape index (κ1) is 11.7. The lowest BCUT2D eigenvalue weighted by Gasteiger charge is -2.01. The summed E-state index contributed by atoms with van der Waals surface area (Å²) in [5.74, 6) is 0.894. The molecule has 0 amide bonds. The summed E-state index contributed by atoms with van der Waals surface area (Å²) in [6.07, 6.45) is 0.875. The van der Waals surface area contributed by atoms with Crippen LogP contribution in [0.2, 0.25) is 0 Å². The van der Waals surface area contributed by atoms with E-state index < -0.39 is 10.1 Å². The fourth-order valence-corrected chi connectivity index (χ4v) is 3.62. The van der Waals surface area contributed by atoms with Crippen molar-refractivity contribution in [2.45, 2.75) is 10.6 Å². The summed E-state index contributed by atoms with van der Waals surface area (Å²) in [5, 5.41) is 0. The lowest BCUT2D eigenvalue weighted by Crippen LogP contribution is -1.92. The molecule has 6 heteroatoms. The Hall–Kier alpha value is -1.37. The highest BCUT2D eigenvalue weighted by Crippen LogP contribution is 2.34. The first-order valence-corrected chi connectivity index (χ1v) is 7.63. The standard InChI is InChI=1S/C12H10O4S2/c13-18(14,15)12-4-3-11(17-12)9-1-2-10-8(7-9)5-6-16-10/h1-4,7H,5-6H2,(H,13,14,15). The molecule has 0 saturated carbocycles. The summed E-state index contributed by atoms with van der Waals surface area (Å²) in [4.78, 5) is 0.817. The molecule has 0 atom stereocenters.